The zero-order chi connectivity index (χ0) is 13.3. The zero-order valence-corrected chi connectivity index (χ0v) is 11.9. The van der Waals surface area contributed by atoms with E-state index in [0.29, 0.717) is 5.92 Å². The van der Waals surface area contributed by atoms with Crippen LogP contribution in [0.4, 0.5) is 11.4 Å². The van der Waals surface area contributed by atoms with Gasteiger partial charge in [-0.25, -0.2) is 0 Å². The highest BCUT2D eigenvalue weighted by Gasteiger charge is 2.31. The third kappa shape index (κ3) is 2.89. The van der Waals surface area contributed by atoms with Crippen molar-refractivity contribution in [2.75, 3.05) is 23.7 Å². The van der Waals surface area contributed by atoms with Crippen molar-refractivity contribution in [1.29, 1.82) is 0 Å². The van der Waals surface area contributed by atoms with E-state index >= 15 is 0 Å². The predicted octanol–water partition coefficient (Wildman–Crippen LogP) is 3.29. The van der Waals surface area contributed by atoms with Gasteiger partial charge in [-0.2, -0.15) is 0 Å². The average molecular weight is 248 g/mol. The van der Waals surface area contributed by atoms with Gasteiger partial charge in [0.15, 0.2) is 0 Å². The molecule has 0 spiro atoms. The van der Waals surface area contributed by atoms with Crippen LogP contribution in [0.25, 0.3) is 0 Å². The first-order valence-electron chi connectivity index (χ1n) is 6.71. The lowest BCUT2D eigenvalue weighted by molar-refractivity contribution is 0.105. The van der Waals surface area contributed by atoms with Crippen molar-refractivity contribution in [3.8, 4) is 5.75 Å². The summed E-state index contributed by atoms with van der Waals surface area (Å²) < 4.78 is 6.01. The molecule has 1 aromatic rings. The molecule has 0 fully saturated rings. The molecule has 0 saturated heterocycles. The molecular formula is C15H24N2O. The lowest BCUT2D eigenvalue weighted by Crippen LogP contribution is -2.47. The highest BCUT2D eigenvalue weighted by Crippen LogP contribution is 2.38. The van der Waals surface area contributed by atoms with Crippen LogP contribution < -0.4 is 15.4 Å². The molecule has 0 unspecified atom stereocenters. The number of anilines is 2. The average Bonchev–Trinajstić information content (AvgIpc) is 2.26. The van der Waals surface area contributed by atoms with E-state index in [4.69, 9.17) is 10.5 Å². The lowest BCUT2D eigenvalue weighted by Gasteiger charge is -2.41. The largest absolute Gasteiger partial charge is 0.484 e. The number of ether oxygens (including phenoxy) is 1. The second-order valence-electron chi connectivity index (χ2n) is 6.19. The molecule has 0 aliphatic carbocycles. The van der Waals surface area contributed by atoms with Crippen LogP contribution >= 0.6 is 0 Å². The highest BCUT2D eigenvalue weighted by atomic mass is 16.5. The fourth-order valence-corrected chi connectivity index (χ4v) is 2.36. The first kappa shape index (κ1) is 13.1. The van der Waals surface area contributed by atoms with Crippen LogP contribution in [0.3, 0.4) is 0 Å². The Hall–Kier alpha value is -1.38. The van der Waals surface area contributed by atoms with Gasteiger partial charge in [0.1, 0.15) is 11.4 Å². The quantitative estimate of drug-likeness (QED) is 0.834. The highest BCUT2D eigenvalue weighted by molar-refractivity contribution is 5.66. The van der Waals surface area contributed by atoms with Gasteiger partial charge in [0.05, 0.1) is 12.2 Å². The van der Waals surface area contributed by atoms with Gasteiger partial charge in [-0.3, -0.25) is 0 Å². The molecular weight excluding hydrogens is 224 g/mol. The van der Waals surface area contributed by atoms with E-state index in [0.717, 1.165) is 30.2 Å². The minimum absolute atomic E-state index is 0.139. The third-order valence-corrected chi connectivity index (χ3v) is 3.26. The van der Waals surface area contributed by atoms with Gasteiger partial charge in [-0.1, -0.05) is 13.8 Å². The van der Waals surface area contributed by atoms with Crippen molar-refractivity contribution < 1.29 is 4.74 Å². The number of fused-ring (bicyclic) bond motifs is 1. The Labute approximate surface area is 110 Å². The topological polar surface area (TPSA) is 38.5 Å². The van der Waals surface area contributed by atoms with Crippen LogP contribution in [-0.2, 0) is 0 Å². The Morgan fingerprint density at radius 2 is 2.11 bits per heavy atom. The molecule has 1 aliphatic heterocycles. The number of nitrogen functional groups attached to an aromatic ring is 1. The van der Waals surface area contributed by atoms with Gasteiger partial charge < -0.3 is 15.4 Å². The molecule has 0 bridgehead atoms. The Morgan fingerprint density at radius 3 is 2.78 bits per heavy atom. The second kappa shape index (κ2) is 4.71. The molecule has 2 rings (SSSR count). The van der Waals surface area contributed by atoms with E-state index < -0.39 is 0 Å². The van der Waals surface area contributed by atoms with E-state index in [1.165, 1.54) is 6.42 Å². The Balaban J connectivity index is 2.26. The summed E-state index contributed by atoms with van der Waals surface area (Å²) in [5.41, 5.74) is 7.68. The molecule has 3 heteroatoms. The maximum absolute atomic E-state index is 6.01. The van der Waals surface area contributed by atoms with Crippen LogP contribution in [0.15, 0.2) is 18.2 Å². The summed E-state index contributed by atoms with van der Waals surface area (Å²) in [6.45, 7) is 10.7. The number of hydrogen-bond acceptors (Lipinski definition) is 3. The van der Waals surface area contributed by atoms with Gasteiger partial charge in [0.2, 0.25) is 0 Å². The SMILES string of the molecule is CC(C)CCN1CC(C)(C)Oc2ccc(N)cc21. The molecule has 0 aromatic heterocycles. The molecule has 2 N–H and O–H groups in total. The first-order chi connectivity index (χ1) is 8.37. The number of benzene rings is 1. The summed E-state index contributed by atoms with van der Waals surface area (Å²) in [5.74, 6) is 1.66. The Morgan fingerprint density at radius 1 is 1.39 bits per heavy atom. The van der Waals surface area contributed by atoms with Crippen molar-refractivity contribution in [1.82, 2.24) is 0 Å². The van der Waals surface area contributed by atoms with Crippen LogP contribution in [0, 0.1) is 5.92 Å². The third-order valence-electron chi connectivity index (χ3n) is 3.26. The summed E-state index contributed by atoms with van der Waals surface area (Å²) in [4.78, 5) is 2.40. The molecule has 18 heavy (non-hydrogen) atoms. The number of nitrogens with zero attached hydrogens (tertiary/aromatic N) is 1. The van der Waals surface area contributed by atoms with Gasteiger partial charge in [-0.15, -0.1) is 0 Å². The van der Waals surface area contributed by atoms with Crippen molar-refractivity contribution in [2.24, 2.45) is 5.92 Å². The maximum atomic E-state index is 6.01. The maximum Gasteiger partial charge on any atom is 0.143 e. The van der Waals surface area contributed by atoms with Gasteiger partial charge in [0.25, 0.3) is 0 Å². The number of nitrogens with two attached hydrogens (primary N) is 1. The number of hydrogen-bond donors (Lipinski definition) is 1. The van der Waals surface area contributed by atoms with Crippen LogP contribution in [-0.4, -0.2) is 18.7 Å². The Bertz CT molecular complexity index is 427. The number of rotatable bonds is 3. The van der Waals surface area contributed by atoms with E-state index in [1.807, 2.05) is 18.2 Å². The molecule has 1 heterocycles. The molecule has 0 amide bonds. The summed E-state index contributed by atoms with van der Waals surface area (Å²) in [6.07, 6.45) is 1.18. The van der Waals surface area contributed by atoms with Crippen LogP contribution in [0.2, 0.25) is 0 Å². The molecule has 100 valence electrons. The van der Waals surface area contributed by atoms with Crippen LogP contribution in [0.1, 0.15) is 34.1 Å². The second-order valence-corrected chi connectivity index (χ2v) is 6.19. The molecule has 0 saturated carbocycles. The molecule has 1 aromatic carbocycles. The summed E-state index contributed by atoms with van der Waals surface area (Å²) in [5, 5.41) is 0. The minimum Gasteiger partial charge on any atom is -0.484 e. The van der Waals surface area contributed by atoms with Crippen molar-refractivity contribution >= 4 is 11.4 Å². The van der Waals surface area contributed by atoms with E-state index in [2.05, 4.69) is 32.6 Å². The standard InChI is InChI=1S/C15H24N2O/c1-11(2)7-8-17-10-15(3,4)18-14-6-5-12(16)9-13(14)17/h5-6,9,11H,7-8,10,16H2,1-4H3. The van der Waals surface area contributed by atoms with E-state index in [-0.39, 0.29) is 5.60 Å². The summed E-state index contributed by atoms with van der Waals surface area (Å²) in [7, 11) is 0. The van der Waals surface area contributed by atoms with E-state index in [9.17, 15) is 0 Å². The van der Waals surface area contributed by atoms with Gasteiger partial charge in [-0.05, 0) is 44.4 Å². The lowest BCUT2D eigenvalue weighted by atomic mass is 10.0. The summed E-state index contributed by atoms with van der Waals surface area (Å²) >= 11 is 0. The fourth-order valence-electron chi connectivity index (χ4n) is 2.36. The fraction of sp³-hybridized carbons (Fsp3) is 0.600. The molecule has 0 atom stereocenters. The predicted molar refractivity (Wildman–Crippen MR) is 77.2 cm³/mol. The zero-order valence-electron chi connectivity index (χ0n) is 11.9. The van der Waals surface area contributed by atoms with Gasteiger partial charge >= 0.3 is 0 Å². The monoisotopic (exact) mass is 248 g/mol. The van der Waals surface area contributed by atoms with Crippen molar-refractivity contribution in [2.45, 2.75) is 39.7 Å². The first-order valence-corrected chi connectivity index (χ1v) is 6.71. The van der Waals surface area contributed by atoms with Gasteiger partial charge in [0, 0.05) is 12.2 Å². The molecule has 0 radical (unpaired) electrons. The minimum atomic E-state index is -0.139. The summed E-state index contributed by atoms with van der Waals surface area (Å²) in [6, 6.07) is 5.90. The van der Waals surface area contributed by atoms with Crippen LogP contribution in [0.5, 0.6) is 5.75 Å². The van der Waals surface area contributed by atoms with Crippen molar-refractivity contribution in [3.05, 3.63) is 18.2 Å². The molecule has 3 nitrogen and oxygen atoms in total. The normalized spacial score (nSPS) is 17.5. The molecule has 1 aliphatic rings. The van der Waals surface area contributed by atoms with Crippen molar-refractivity contribution in [3.63, 3.8) is 0 Å². The van der Waals surface area contributed by atoms with E-state index in [1.54, 1.807) is 0 Å². The Kier molecular flexibility index (Phi) is 3.42. The smallest absolute Gasteiger partial charge is 0.143 e.